The standard InChI is InChI=1S/C9H17F3N2/c1-8(5-6-8)7(14-13)3-2-4-9(10,11)12/h7,14H,2-6,13H2,1H3. The first-order valence-electron chi connectivity index (χ1n) is 4.90. The zero-order valence-electron chi connectivity index (χ0n) is 8.32. The quantitative estimate of drug-likeness (QED) is 0.540. The normalized spacial score (nSPS) is 22.1. The topological polar surface area (TPSA) is 38.0 Å². The third kappa shape index (κ3) is 3.46. The molecule has 0 heterocycles. The third-order valence-electron chi connectivity index (χ3n) is 3.03. The van der Waals surface area contributed by atoms with E-state index in [2.05, 4.69) is 12.3 Å². The van der Waals surface area contributed by atoms with Crippen molar-refractivity contribution in [3.05, 3.63) is 0 Å². The van der Waals surface area contributed by atoms with E-state index in [1.807, 2.05) is 0 Å². The van der Waals surface area contributed by atoms with E-state index in [0.717, 1.165) is 12.8 Å². The first-order chi connectivity index (χ1) is 6.37. The number of hydrogen-bond acceptors (Lipinski definition) is 2. The fourth-order valence-corrected chi connectivity index (χ4v) is 1.69. The first-order valence-corrected chi connectivity index (χ1v) is 4.90. The molecule has 5 heteroatoms. The molecule has 0 radical (unpaired) electrons. The molecule has 1 atom stereocenters. The van der Waals surface area contributed by atoms with Gasteiger partial charge in [0.05, 0.1) is 0 Å². The molecule has 1 rings (SSSR count). The van der Waals surface area contributed by atoms with Gasteiger partial charge in [0, 0.05) is 12.5 Å². The molecule has 1 fully saturated rings. The largest absolute Gasteiger partial charge is 0.389 e. The number of hydrazine groups is 1. The molecule has 0 aromatic rings. The molecule has 14 heavy (non-hydrogen) atoms. The molecule has 0 amide bonds. The van der Waals surface area contributed by atoms with Crippen LogP contribution in [-0.4, -0.2) is 12.2 Å². The molecule has 0 saturated heterocycles. The maximum absolute atomic E-state index is 11.9. The van der Waals surface area contributed by atoms with Gasteiger partial charge in [-0.05, 0) is 31.1 Å². The summed E-state index contributed by atoms with van der Waals surface area (Å²) in [5.41, 5.74) is 2.76. The third-order valence-corrected chi connectivity index (χ3v) is 3.03. The molecule has 84 valence electrons. The van der Waals surface area contributed by atoms with Gasteiger partial charge in [0.1, 0.15) is 0 Å². The summed E-state index contributed by atoms with van der Waals surface area (Å²) in [6.07, 6.45) is -1.95. The van der Waals surface area contributed by atoms with E-state index < -0.39 is 12.6 Å². The molecule has 0 aromatic heterocycles. The van der Waals surface area contributed by atoms with Crippen molar-refractivity contribution in [2.75, 3.05) is 0 Å². The number of rotatable bonds is 5. The van der Waals surface area contributed by atoms with Crippen molar-refractivity contribution in [3.8, 4) is 0 Å². The molecule has 1 aliphatic rings. The van der Waals surface area contributed by atoms with E-state index in [1.165, 1.54) is 0 Å². The number of nitrogens with one attached hydrogen (secondary N) is 1. The van der Waals surface area contributed by atoms with Gasteiger partial charge < -0.3 is 0 Å². The second kappa shape index (κ2) is 4.06. The molecule has 1 unspecified atom stereocenters. The second-order valence-electron chi connectivity index (χ2n) is 4.38. The molecular weight excluding hydrogens is 193 g/mol. The molecular formula is C9H17F3N2. The van der Waals surface area contributed by atoms with Crippen LogP contribution >= 0.6 is 0 Å². The van der Waals surface area contributed by atoms with Gasteiger partial charge in [0.15, 0.2) is 0 Å². The molecule has 3 N–H and O–H groups in total. The van der Waals surface area contributed by atoms with Gasteiger partial charge in [-0.1, -0.05) is 6.92 Å². The molecule has 1 saturated carbocycles. The first kappa shape index (κ1) is 11.8. The Morgan fingerprint density at radius 3 is 2.36 bits per heavy atom. The molecule has 0 spiro atoms. The Kier molecular flexibility index (Phi) is 3.42. The Morgan fingerprint density at radius 2 is 2.00 bits per heavy atom. The summed E-state index contributed by atoms with van der Waals surface area (Å²) in [6, 6.07) is 0.0323. The molecule has 0 aliphatic heterocycles. The Labute approximate surface area is 82.0 Å². The smallest absolute Gasteiger partial charge is 0.271 e. The van der Waals surface area contributed by atoms with Crippen molar-refractivity contribution >= 4 is 0 Å². The Hall–Kier alpha value is -0.290. The van der Waals surface area contributed by atoms with Gasteiger partial charge in [-0.3, -0.25) is 11.3 Å². The zero-order valence-corrected chi connectivity index (χ0v) is 8.32. The van der Waals surface area contributed by atoms with Gasteiger partial charge in [-0.15, -0.1) is 0 Å². The van der Waals surface area contributed by atoms with E-state index in [1.54, 1.807) is 0 Å². The lowest BCUT2D eigenvalue weighted by molar-refractivity contribution is -0.136. The Bertz CT molecular complexity index is 187. The van der Waals surface area contributed by atoms with E-state index in [0.29, 0.717) is 6.42 Å². The molecule has 1 aliphatic carbocycles. The van der Waals surface area contributed by atoms with E-state index in [9.17, 15) is 13.2 Å². The highest BCUT2D eigenvalue weighted by atomic mass is 19.4. The Balaban J connectivity index is 2.22. The monoisotopic (exact) mass is 210 g/mol. The number of hydrogen-bond donors (Lipinski definition) is 2. The fourth-order valence-electron chi connectivity index (χ4n) is 1.69. The van der Waals surface area contributed by atoms with E-state index >= 15 is 0 Å². The van der Waals surface area contributed by atoms with Crippen molar-refractivity contribution in [1.29, 1.82) is 0 Å². The highest BCUT2D eigenvalue weighted by Crippen LogP contribution is 2.49. The molecule has 0 bridgehead atoms. The van der Waals surface area contributed by atoms with Gasteiger partial charge in [0.25, 0.3) is 0 Å². The average Bonchev–Trinajstić information content (AvgIpc) is 2.76. The van der Waals surface area contributed by atoms with E-state index in [4.69, 9.17) is 5.84 Å². The SMILES string of the molecule is CC1(C(CCCC(F)(F)F)NN)CC1. The minimum Gasteiger partial charge on any atom is -0.271 e. The average molecular weight is 210 g/mol. The molecule has 2 nitrogen and oxygen atoms in total. The minimum absolute atomic E-state index is 0.0323. The summed E-state index contributed by atoms with van der Waals surface area (Å²) in [6.45, 7) is 2.06. The maximum atomic E-state index is 11.9. The van der Waals surface area contributed by atoms with Crippen LogP contribution in [0.25, 0.3) is 0 Å². The summed E-state index contributed by atoms with van der Waals surface area (Å²) in [5, 5.41) is 0. The minimum atomic E-state index is -4.04. The van der Waals surface area contributed by atoms with Crippen LogP contribution in [0.5, 0.6) is 0 Å². The number of alkyl halides is 3. The predicted octanol–water partition coefficient (Wildman–Crippen LogP) is 2.35. The van der Waals surface area contributed by atoms with Gasteiger partial charge >= 0.3 is 6.18 Å². The van der Waals surface area contributed by atoms with Crippen LogP contribution in [-0.2, 0) is 0 Å². The lowest BCUT2D eigenvalue weighted by Crippen LogP contribution is -2.41. The predicted molar refractivity (Wildman–Crippen MR) is 48.4 cm³/mol. The van der Waals surface area contributed by atoms with Crippen LogP contribution in [0.4, 0.5) is 13.2 Å². The van der Waals surface area contributed by atoms with Crippen molar-refractivity contribution in [2.45, 2.75) is 51.2 Å². The van der Waals surface area contributed by atoms with Crippen LogP contribution in [0.3, 0.4) is 0 Å². The van der Waals surface area contributed by atoms with E-state index in [-0.39, 0.29) is 17.9 Å². The number of nitrogens with two attached hydrogens (primary N) is 1. The van der Waals surface area contributed by atoms with Gasteiger partial charge in [-0.2, -0.15) is 13.2 Å². The lowest BCUT2D eigenvalue weighted by atomic mass is 9.94. The number of halogens is 3. The van der Waals surface area contributed by atoms with Crippen LogP contribution < -0.4 is 11.3 Å². The van der Waals surface area contributed by atoms with Crippen LogP contribution in [0.1, 0.15) is 39.0 Å². The van der Waals surface area contributed by atoms with Crippen LogP contribution in [0.2, 0.25) is 0 Å². The lowest BCUT2D eigenvalue weighted by Gasteiger charge is -2.22. The highest BCUT2D eigenvalue weighted by Gasteiger charge is 2.44. The second-order valence-corrected chi connectivity index (χ2v) is 4.38. The summed E-state index contributed by atoms with van der Waals surface area (Å²) in [7, 11) is 0. The highest BCUT2D eigenvalue weighted by molar-refractivity contribution is 4.97. The Morgan fingerprint density at radius 1 is 1.43 bits per heavy atom. The van der Waals surface area contributed by atoms with Crippen LogP contribution in [0, 0.1) is 5.41 Å². The van der Waals surface area contributed by atoms with Gasteiger partial charge in [-0.25, -0.2) is 0 Å². The van der Waals surface area contributed by atoms with Crippen molar-refractivity contribution < 1.29 is 13.2 Å². The summed E-state index contributed by atoms with van der Waals surface area (Å²) >= 11 is 0. The summed E-state index contributed by atoms with van der Waals surface area (Å²) in [5.74, 6) is 5.32. The van der Waals surface area contributed by atoms with Crippen molar-refractivity contribution in [2.24, 2.45) is 11.3 Å². The zero-order chi connectivity index (χ0) is 10.8. The fraction of sp³-hybridized carbons (Fsp3) is 1.00. The summed E-state index contributed by atoms with van der Waals surface area (Å²) in [4.78, 5) is 0. The van der Waals surface area contributed by atoms with Crippen molar-refractivity contribution in [3.63, 3.8) is 0 Å². The van der Waals surface area contributed by atoms with Crippen LogP contribution in [0.15, 0.2) is 0 Å². The van der Waals surface area contributed by atoms with Crippen molar-refractivity contribution in [1.82, 2.24) is 5.43 Å². The summed E-state index contributed by atoms with van der Waals surface area (Å²) < 4.78 is 35.6. The maximum Gasteiger partial charge on any atom is 0.389 e. The molecule has 0 aromatic carbocycles. The van der Waals surface area contributed by atoms with Gasteiger partial charge in [0.2, 0.25) is 0 Å².